The molecule has 2 aromatic carbocycles. The highest BCUT2D eigenvalue weighted by atomic mass is 16.3. The quantitative estimate of drug-likeness (QED) is 0.673. The minimum atomic E-state index is -0.489. The van der Waals surface area contributed by atoms with Crippen molar-refractivity contribution in [1.82, 2.24) is 9.80 Å². The Labute approximate surface area is 175 Å². The van der Waals surface area contributed by atoms with E-state index in [9.17, 15) is 9.59 Å². The van der Waals surface area contributed by atoms with Crippen LogP contribution >= 0.6 is 0 Å². The fourth-order valence-corrected chi connectivity index (χ4v) is 4.84. The van der Waals surface area contributed by atoms with Crippen LogP contribution in [0.1, 0.15) is 18.6 Å². The summed E-state index contributed by atoms with van der Waals surface area (Å²) in [5.74, 6) is 0.868. The van der Waals surface area contributed by atoms with Crippen molar-refractivity contribution in [3.05, 3.63) is 76.6 Å². The van der Waals surface area contributed by atoms with Crippen molar-refractivity contribution < 1.29 is 9.21 Å². The Kier molecular flexibility index (Phi) is 4.59. The zero-order valence-corrected chi connectivity index (χ0v) is 17.1. The van der Waals surface area contributed by atoms with E-state index >= 15 is 0 Å². The number of amides is 1. The van der Waals surface area contributed by atoms with Crippen molar-refractivity contribution in [1.29, 1.82) is 0 Å². The van der Waals surface area contributed by atoms with Gasteiger partial charge < -0.3 is 14.2 Å². The minimum absolute atomic E-state index is 0.0109. The van der Waals surface area contributed by atoms with Crippen LogP contribution in [0.25, 0.3) is 11.0 Å². The third-order valence-electron chi connectivity index (χ3n) is 6.43. The molecule has 2 aliphatic heterocycles. The van der Waals surface area contributed by atoms with Gasteiger partial charge in [0.2, 0.25) is 5.91 Å². The van der Waals surface area contributed by atoms with E-state index in [1.165, 1.54) is 0 Å². The maximum absolute atomic E-state index is 13.1. The molecule has 2 saturated heterocycles. The van der Waals surface area contributed by atoms with Crippen molar-refractivity contribution in [2.24, 2.45) is 0 Å². The van der Waals surface area contributed by atoms with Gasteiger partial charge in [0.05, 0.1) is 18.6 Å². The van der Waals surface area contributed by atoms with Crippen LogP contribution in [0.2, 0.25) is 0 Å². The summed E-state index contributed by atoms with van der Waals surface area (Å²) in [4.78, 5) is 31.9. The van der Waals surface area contributed by atoms with Gasteiger partial charge in [-0.3, -0.25) is 14.5 Å². The number of likely N-dealkylation sites (tertiary alicyclic amines) is 1. The number of para-hydroxylation sites is 2. The van der Waals surface area contributed by atoms with Crippen molar-refractivity contribution in [2.45, 2.75) is 24.9 Å². The van der Waals surface area contributed by atoms with Crippen molar-refractivity contribution >= 4 is 22.6 Å². The Hall–Kier alpha value is -3.12. The molecule has 3 aromatic rings. The van der Waals surface area contributed by atoms with Crippen LogP contribution < -0.4 is 10.3 Å². The van der Waals surface area contributed by atoms with E-state index in [0.717, 1.165) is 31.6 Å². The molecular formula is C24H25N3O3. The van der Waals surface area contributed by atoms with Crippen LogP contribution in [0.5, 0.6) is 0 Å². The second-order valence-electron chi connectivity index (χ2n) is 8.29. The molecule has 1 amide bonds. The molecule has 0 unspecified atom stereocenters. The monoisotopic (exact) mass is 403 g/mol. The lowest BCUT2D eigenvalue weighted by Gasteiger charge is -2.43. The van der Waals surface area contributed by atoms with Gasteiger partial charge in [-0.1, -0.05) is 30.3 Å². The topological polar surface area (TPSA) is 57.0 Å². The average molecular weight is 403 g/mol. The normalized spacial score (nSPS) is 19.2. The lowest BCUT2D eigenvalue weighted by atomic mass is 9.85. The fraction of sp³-hybridized carbons (Fsp3) is 0.333. The number of fused-ring (bicyclic) bond motifs is 1. The third-order valence-corrected chi connectivity index (χ3v) is 6.43. The first kappa shape index (κ1) is 18.9. The number of anilines is 1. The predicted molar refractivity (Wildman–Crippen MR) is 116 cm³/mol. The van der Waals surface area contributed by atoms with Gasteiger partial charge in [0.25, 0.3) is 0 Å². The molecule has 0 radical (unpaired) electrons. The van der Waals surface area contributed by atoms with Crippen LogP contribution in [0.3, 0.4) is 0 Å². The Balaban J connectivity index is 1.35. The van der Waals surface area contributed by atoms with E-state index in [0.29, 0.717) is 29.9 Å². The lowest BCUT2D eigenvalue weighted by Crippen LogP contribution is -2.56. The van der Waals surface area contributed by atoms with Gasteiger partial charge in [-0.15, -0.1) is 0 Å². The van der Waals surface area contributed by atoms with E-state index in [1.807, 2.05) is 48.3 Å². The van der Waals surface area contributed by atoms with Crippen LogP contribution in [0.15, 0.2) is 69.9 Å². The first-order valence-corrected chi connectivity index (χ1v) is 10.4. The Morgan fingerprint density at radius 1 is 0.967 bits per heavy atom. The van der Waals surface area contributed by atoms with Crippen molar-refractivity contribution in [3.8, 4) is 0 Å². The van der Waals surface area contributed by atoms with E-state index in [-0.39, 0.29) is 11.3 Å². The molecule has 3 heterocycles. The molecule has 0 atom stereocenters. The summed E-state index contributed by atoms with van der Waals surface area (Å²) >= 11 is 0. The van der Waals surface area contributed by atoms with E-state index < -0.39 is 5.54 Å². The number of benzene rings is 2. The Morgan fingerprint density at radius 2 is 1.67 bits per heavy atom. The van der Waals surface area contributed by atoms with Gasteiger partial charge in [0.15, 0.2) is 5.43 Å². The van der Waals surface area contributed by atoms with Gasteiger partial charge in [-0.2, -0.15) is 0 Å². The van der Waals surface area contributed by atoms with Crippen molar-refractivity contribution in [3.63, 3.8) is 0 Å². The SMILES string of the molecule is CN1CN(c2ccccc2)C2(CCN(Cc3cc(=O)c4ccccc4o3)CC2)C1=O. The molecular weight excluding hydrogens is 378 g/mol. The van der Waals surface area contributed by atoms with Crippen LogP contribution in [-0.2, 0) is 11.3 Å². The molecule has 0 saturated carbocycles. The summed E-state index contributed by atoms with van der Waals surface area (Å²) in [5, 5.41) is 0.608. The Bertz CT molecular complexity index is 1130. The molecule has 2 fully saturated rings. The molecule has 5 rings (SSSR count). The highest BCUT2D eigenvalue weighted by molar-refractivity contribution is 5.93. The van der Waals surface area contributed by atoms with E-state index in [1.54, 1.807) is 12.1 Å². The zero-order chi connectivity index (χ0) is 20.7. The van der Waals surface area contributed by atoms with E-state index in [4.69, 9.17) is 4.42 Å². The fourth-order valence-electron chi connectivity index (χ4n) is 4.84. The first-order valence-electron chi connectivity index (χ1n) is 10.4. The summed E-state index contributed by atoms with van der Waals surface area (Å²) in [6.07, 6.45) is 1.51. The third kappa shape index (κ3) is 3.08. The minimum Gasteiger partial charge on any atom is -0.459 e. The molecule has 0 bridgehead atoms. The van der Waals surface area contributed by atoms with Gasteiger partial charge in [-0.05, 0) is 37.1 Å². The van der Waals surface area contributed by atoms with Gasteiger partial charge in [-0.25, -0.2) is 0 Å². The highest BCUT2D eigenvalue weighted by Crippen LogP contribution is 2.39. The van der Waals surface area contributed by atoms with Crippen LogP contribution in [0.4, 0.5) is 5.69 Å². The molecule has 6 heteroatoms. The molecule has 6 nitrogen and oxygen atoms in total. The number of carbonyl (C=O) groups is 1. The largest absolute Gasteiger partial charge is 0.459 e. The molecule has 0 aliphatic carbocycles. The van der Waals surface area contributed by atoms with Crippen LogP contribution in [0, 0.1) is 0 Å². The highest BCUT2D eigenvalue weighted by Gasteiger charge is 2.52. The predicted octanol–water partition coefficient (Wildman–Crippen LogP) is 3.06. The average Bonchev–Trinajstić information content (AvgIpc) is 3.01. The number of likely N-dealkylation sites (N-methyl/N-ethyl adjacent to an activating group) is 1. The number of nitrogens with zero attached hydrogens (tertiary/aromatic N) is 3. The molecule has 30 heavy (non-hydrogen) atoms. The van der Waals surface area contributed by atoms with Gasteiger partial charge >= 0.3 is 0 Å². The first-order chi connectivity index (χ1) is 14.6. The van der Waals surface area contributed by atoms with E-state index in [2.05, 4.69) is 21.9 Å². The molecule has 0 N–H and O–H groups in total. The smallest absolute Gasteiger partial charge is 0.249 e. The molecule has 154 valence electrons. The Morgan fingerprint density at radius 3 is 2.43 bits per heavy atom. The molecule has 2 aliphatic rings. The van der Waals surface area contributed by atoms with Gasteiger partial charge in [0, 0.05) is 31.9 Å². The maximum Gasteiger partial charge on any atom is 0.249 e. The maximum atomic E-state index is 13.1. The standard InChI is InChI=1S/C24H25N3O3/c1-25-17-27(18-7-3-2-4-8-18)24(23(25)29)11-13-26(14-12-24)16-19-15-21(28)20-9-5-6-10-22(20)30-19/h2-10,15H,11-14,16-17H2,1H3. The summed E-state index contributed by atoms with van der Waals surface area (Å²) in [6, 6.07) is 19.1. The number of rotatable bonds is 3. The zero-order valence-electron chi connectivity index (χ0n) is 17.1. The second kappa shape index (κ2) is 7.29. The number of piperidine rings is 1. The molecule has 1 spiro atoms. The second-order valence-corrected chi connectivity index (χ2v) is 8.29. The summed E-state index contributed by atoms with van der Waals surface area (Å²) in [7, 11) is 1.88. The molecule has 1 aromatic heterocycles. The number of hydrogen-bond acceptors (Lipinski definition) is 5. The summed E-state index contributed by atoms with van der Waals surface area (Å²) < 4.78 is 5.96. The lowest BCUT2D eigenvalue weighted by molar-refractivity contribution is -0.132. The van der Waals surface area contributed by atoms with Gasteiger partial charge in [0.1, 0.15) is 16.9 Å². The number of hydrogen-bond donors (Lipinski definition) is 0. The number of carbonyl (C=O) groups excluding carboxylic acids is 1. The van der Waals surface area contributed by atoms with Crippen molar-refractivity contribution in [2.75, 3.05) is 31.7 Å². The summed E-state index contributed by atoms with van der Waals surface area (Å²) in [6.45, 7) is 2.74. The van der Waals surface area contributed by atoms with Crippen LogP contribution in [-0.4, -0.2) is 48.1 Å². The summed E-state index contributed by atoms with van der Waals surface area (Å²) in [5.41, 5.74) is 1.21.